The number of non-ortho nitro benzene ring substituents is 1. The Balaban J connectivity index is 1.76. The molecule has 1 amide bonds. The summed E-state index contributed by atoms with van der Waals surface area (Å²) in [7, 11) is 0. The zero-order valence-electron chi connectivity index (χ0n) is 14.2. The first-order valence-electron chi connectivity index (χ1n) is 8.12. The summed E-state index contributed by atoms with van der Waals surface area (Å²) >= 11 is 1.49. The number of fused-ring (bicyclic) bond motifs is 1. The van der Waals surface area contributed by atoms with Crippen LogP contribution >= 0.6 is 11.8 Å². The maximum Gasteiger partial charge on any atom is 0.275 e. The number of anilines is 1. The van der Waals surface area contributed by atoms with Crippen molar-refractivity contribution in [1.82, 2.24) is 5.43 Å². The number of allylic oxidation sites excluding steroid dienone is 1. The van der Waals surface area contributed by atoms with Gasteiger partial charge in [-0.25, -0.2) is 5.43 Å². The van der Waals surface area contributed by atoms with Gasteiger partial charge in [0.2, 0.25) is 0 Å². The number of nitrogens with one attached hydrogen (secondary N) is 2. The van der Waals surface area contributed by atoms with Crippen molar-refractivity contribution < 1.29 is 9.72 Å². The largest absolute Gasteiger partial charge is 0.354 e. The fourth-order valence-corrected chi connectivity index (χ4v) is 3.90. The zero-order valence-corrected chi connectivity index (χ0v) is 15.0. The summed E-state index contributed by atoms with van der Waals surface area (Å²) in [6, 6.07) is 14.2. The average Bonchev–Trinajstić information content (AvgIpc) is 3.00. The minimum atomic E-state index is -0.420. The smallest absolute Gasteiger partial charge is 0.275 e. The molecule has 0 fully saturated rings. The lowest BCUT2D eigenvalue weighted by molar-refractivity contribution is -0.384. The molecule has 0 saturated heterocycles. The Labute approximate surface area is 159 Å². The number of para-hydroxylation sites is 1. The van der Waals surface area contributed by atoms with Crippen LogP contribution in [0.15, 0.2) is 75.9 Å². The Hall–Kier alpha value is -3.39. The minimum Gasteiger partial charge on any atom is -0.354 e. The third-order valence-corrected chi connectivity index (χ3v) is 5.26. The predicted molar refractivity (Wildman–Crippen MR) is 105 cm³/mol. The van der Waals surface area contributed by atoms with Gasteiger partial charge in [0, 0.05) is 33.2 Å². The van der Waals surface area contributed by atoms with Crippen molar-refractivity contribution in [2.45, 2.75) is 11.8 Å². The van der Waals surface area contributed by atoms with Crippen molar-refractivity contribution >= 4 is 39.7 Å². The molecule has 2 N–H and O–H groups in total. The fraction of sp³-hybridized carbons (Fsp3) is 0.0526. The topological polar surface area (TPSA) is 96.6 Å². The van der Waals surface area contributed by atoms with Gasteiger partial charge in [-0.3, -0.25) is 14.9 Å². The van der Waals surface area contributed by atoms with Crippen LogP contribution in [0.4, 0.5) is 11.4 Å². The Bertz CT molecular complexity index is 1050. The maximum absolute atomic E-state index is 12.1. The lowest BCUT2D eigenvalue weighted by Crippen LogP contribution is -2.18. The highest BCUT2D eigenvalue weighted by atomic mass is 32.2. The van der Waals surface area contributed by atoms with E-state index in [-0.39, 0.29) is 11.6 Å². The third-order valence-electron chi connectivity index (χ3n) is 4.20. The predicted octanol–water partition coefficient (Wildman–Crippen LogP) is 3.91. The number of rotatable bonds is 3. The Kier molecular flexibility index (Phi) is 4.25. The molecule has 0 aromatic heterocycles. The first-order valence-corrected chi connectivity index (χ1v) is 8.94. The molecule has 2 aliphatic heterocycles. The van der Waals surface area contributed by atoms with Gasteiger partial charge in [-0.1, -0.05) is 30.0 Å². The minimum absolute atomic E-state index is 0.0521. The number of hydrogen-bond donors (Lipinski definition) is 2. The summed E-state index contributed by atoms with van der Waals surface area (Å²) < 4.78 is 0. The Morgan fingerprint density at radius 2 is 1.85 bits per heavy atom. The normalized spacial score (nSPS) is 18.2. The zero-order chi connectivity index (χ0) is 19.0. The molecule has 4 rings (SSSR count). The van der Waals surface area contributed by atoms with E-state index in [1.807, 2.05) is 30.3 Å². The van der Waals surface area contributed by atoms with Crippen LogP contribution in [0.25, 0.3) is 4.91 Å². The van der Waals surface area contributed by atoms with E-state index in [4.69, 9.17) is 0 Å². The van der Waals surface area contributed by atoms with Gasteiger partial charge in [0.1, 0.15) is 0 Å². The second-order valence-corrected chi connectivity index (χ2v) is 7.07. The third kappa shape index (κ3) is 3.22. The van der Waals surface area contributed by atoms with Gasteiger partial charge in [0.25, 0.3) is 11.6 Å². The van der Waals surface area contributed by atoms with Gasteiger partial charge in [0.15, 0.2) is 0 Å². The molecule has 7 nitrogen and oxygen atoms in total. The van der Waals surface area contributed by atoms with Crippen LogP contribution in [-0.4, -0.2) is 16.5 Å². The molecule has 0 aliphatic carbocycles. The molecule has 2 aliphatic rings. The van der Waals surface area contributed by atoms with Crippen LogP contribution < -0.4 is 10.7 Å². The van der Waals surface area contributed by atoms with Gasteiger partial charge < -0.3 is 5.32 Å². The second kappa shape index (κ2) is 6.73. The Morgan fingerprint density at radius 3 is 2.52 bits per heavy atom. The second-order valence-electron chi connectivity index (χ2n) is 5.96. The highest BCUT2D eigenvalue weighted by Crippen LogP contribution is 2.42. The lowest BCUT2D eigenvalue weighted by atomic mass is 10.0. The fourth-order valence-electron chi connectivity index (χ4n) is 2.91. The van der Waals surface area contributed by atoms with Crippen molar-refractivity contribution in [2.24, 2.45) is 5.10 Å². The molecule has 2 aromatic rings. The van der Waals surface area contributed by atoms with E-state index < -0.39 is 4.92 Å². The van der Waals surface area contributed by atoms with Gasteiger partial charge in [-0.05, 0) is 31.2 Å². The monoisotopic (exact) mass is 378 g/mol. The SMILES string of the molecule is CC1=NNC(=O)/C1=C1/C=C(Sc2ccc([N+](=O)[O-])cc2)c2ccccc2N1. The van der Waals surface area contributed by atoms with Crippen molar-refractivity contribution in [1.29, 1.82) is 0 Å². The molecule has 27 heavy (non-hydrogen) atoms. The van der Waals surface area contributed by atoms with E-state index >= 15 is 0 Å². The molecule has 0 radical (unpaired) electrons. The van der Waals surface area contributed by atoms with Gasteiger partial charge in [-0.15, -0.1) is 0 Å². The summed E-state index contributed by atoms with van der Waals surface area (Å²) in [6.07, 6.45) is 1.91. The molecule has 2 heterocycles. The maximum atomic E-state index is 12.1. The molecule has 0 unspecified atom stereocenters. The molecule has 134 valence electrons. The highest BCUT2D eigenvalue weighted by Gasteiger charge is 2.26. The summed E-state index contributed by atoms with van der Waals surface area (Å²) in [5.74, 6) is -0.245. The molecule has 2 aromatic carbocycles. The summed E-state index contributed by atoms with van der Waals surface area (Å²) in [5, 5.41) is 18.1. The van der Waals surface area contributed by atoms with Gasteiger partial charge >= 0.3 is 0 Å². The van der Waals surface area contributed by atoms with Crippen LogP contribution in [0.2, 0.25) is 0 Å². The van der Waals surface area contributed by atoms with Gasteiger partial charge in [-0.2, -0.15) is 5.10 Å². The lowest BCUT2D eigenvalue weighted by Gasteiger charge is -2.22. The van der Waals surface area contributed by atoms with Crippen LogP contribution in [0, 0.1) is 10.1 Å². The van der Waals surface area contributed by atoms with E-state index in [0.29, 0.717) is 17.0 Å². The quantitative estimate of drug-likeness (QED) is 0.479. The van der Waals surface area contributed by atoms with Crippen molar-refractivity contribution in [3.63, 3.8) is 0 Å². The molecule has 0 saturated carbocycles. The molecule has 8 heteroatoms. The van der Waals surface area contributed by atoms with Crippen molar-refractivity contribution in [3.8, 4) is 0 Å². The molecule has 0 spiro atoms. The highest BCUT2D eigenvalue weighted by molar-refractivity contribution is 8.08. The van der Waals surface area contributed by atoms with Crippen LogP contribution in [0.5, 0.6) is 0 Å². The van der Waals surface area contributed by atoms with Crippen molar-refractivity contribution in [2.75, 3.05) is 5.32 Å². The molecule has 0 atom stereocenters. The number of thioether (sulfide) groups is 1. The number of amides is 1. The molecular weight excluding hydrogens is 364 g/mol. The first-order chi connectivity index (χ1) is 13.0. The average molecular weight is 378 g/mol. The van der Waals surface area contributed by atoms with E-state index in [1.165, 1.54) is 23.9 Å². The van der Waals surface area contributed by atoms with E-state index in [9.17, 15) is 14.9 Å². The van der Waals surface area contributed by atoms with Crippen LogP contribution in [-0.2, 0) is 4.79 Å². The summed E-state index contributed by atoms with van der Waals surface area (Å²) in [4.78, 5) is 24.4. The van der Waals surface area contributed by atoms with Crippen LogP contribution in [0.3, 0.4) is 0 Å². The number of benzene rings is 2. The van der Waals surface area contributed by atoms with E-state index in [2.05, 4.69) is 15.8 Å². The van der Waals surface area contributed by atoms with Gasteiger partial charge in [0.05, 0.1) is 21.9 Å². The Morgan fingerprint density at radius 1 is 1.11 bits per heavy atom. The number of nitro groups is 1. The number of nitro benzene ring substituents is 1. The van der Waals surface area contributed by atoms with E-state index in [0.717, 1.165) is 21.1 Å². The number of hydrazone groups is 1. The number of carbonyl (C=O) groups excluding carboxylic acids is 1. The standard InChI is InChI=1S/C19H14N4O3S/c1-11-18(19(24)22-21-11)16-10-17(14-4-2-3-5-15(14)20-16)27-13-8-6-12(7-9-13)23(25)26/h2-10,20H,1H3,(H,22,24)/b18-16-. The van der Waals surface area contributed by atoms with Crippen molar-refractivity contribution in [3.05, 3.63) is 81.6 Å². The molecule has 0 bridgehead atoms. The van der Waals surface area contributed by atoms with E-state index in [1.54, 1.807) is 19.1 Å². The number of nitrogens with zero attached hydrogens (tertiary/aromatic N) is 2. The number of carbonyl (C=O) groups is 1. The number of hydrogen-bond acceptors (Lipinski definition) is 6. The molecular formula is C19H14N4O3S. The summed E-state index contributed by atoms with van der Waals surface area (Å²) in [5.41, 5.74) is 6.22. The summed E-state index contributed by atoms with van der Waals surface area (Å²) in [6.45, 7) is 1.78. The van der Waals surface area contributed by atoms with Crippen LogP contribution in [0.1, 0.15) is 12.5 Å². The first kappa shape index (κ1) is 17.0.